The van der Waals surface area contributed by atoms with E-state index in [1.807, 2.05) is 11.9 Å². The Labute approximate surface area is 174 Å². The first kappa shape index (κ1) is 24.0. The molecular weight excluding hydrogens is 390 g/mol. The van der Waals surface area contributed by atoms with Crippen LogP contribution in [0.2, 0.25) is 0 Å². The molecule has 1 N–H and O–H groups in total. The first-order valence-electron chi connectivity index (χ1n) is 9.33. The minimum Gasteiger partial charge on any atom is -0.368 e. The highest BCUT2D eigenvalue weighted by Crippen LogP contribution is 2.17. The van der Waals surface area contributed by atoms with Gasteiger partial charge in [0.25, 0.3) is 0 Å². The monoisotopic (exact) mass is 420 g/mol. The van der Waals surface area contributed by atoms with E-state index in [2.05, 4.69) is 15.1 Å². The molecule has 154 valence electrons. The lowest BCUT2D eigenvalue weighted by atomic mass is 10.1. The predicted molar refractivity (Wildman–Crippen MR) is 113 cm³/mol. The Morgan fingerprint density at radius 2 is 1.78 bits per heavy atom. The van der Waals surface area contributed by atoms with Gasteiger partial charge in [0, 0.05) is 57.4 Å². The summed E-state index contributed by atoms with van der Waals surface area (Å²) in [5, 5.41) is 3.34. The molecule has 0 saturated carbocycles. The molecular formula is C19H31Cl2FN4O. The number of likely N-dealkylation sites (tertiary alicyclic amines) is 1. The number of benzene rings is 1. The highest BCUT2D eigenvalue weighted by Gasteiger charge is 2.23. The van der Waals surface area contributed by atoms with Crippen molar-refractivity contribution in [3.8, 4) is 0 Å². The number of nitrogens with one attached hydrogen (secondary N) is 1. The van der Waals surface area contributed by atoms with Crippen molar-refractivity contribution in [3.05, 3.63) is 30.1 Å². The summed E-state index contributed by atoms with van der Waals surface area (Å²) in [7, 11) is 2.01. The summed E-state index contributed by atoms with van der Waals surface area (Å²) in [5.41, 5.74) is 1.03. The molecule has 2 heterocycles. The fraction of sp³-hybridized carbons (Fsp3) is 0.632. The van der Waals surface area contributed by atoms with Gasteiger partial charge in [0.1, 0.15) is 5.82 Å². The van der Waals surface area contributed by atoms with Gasteiger partial charge in [-0.1, -0.05) is 0 Å². The van der Waals surface area contributed by atoms with Crippen molar-refractivity contribution in [2.75, 3.05) is 57.8 Å². The average molecular weight is 421 g/mol. The molecule has 3 rings (SSSR count). The number of nitrogens with zero attached hydrogens (tertiary/aromatic N) is 3. The highest BCUT2D eigenvalue weighted by molar-refractivity contribution is 5.85. The largest absolute Gasteiger partial charge is 0.368 e. The number of amides is 1. The molecule has 1 amide bonds. The summed E-state index contributed by atoms with van der Waals surface area (Å²) < 4.78 is 13.0. The van der Waals surface area contributed by atoms with Crippen LogP contribution in [0.25, 0.3) is 0 Å². The van der Waals surface area contributed by atoms with E-state index in [0.717, 1.165) is 51.5 Å². The number of carbonyl (C=O) groups is 1. The van der Waals surface area contributed by atoms with Gasteiger partial charge in [0.05, 0.1) is 0 Å². The zero-order chi connectivity index (χ0) is 17.6. The van der Waals surface area contributed by atoms with Gasteiger partial charge in [-0.2, -0.15) is 0 Å². The van der Waals surface area contributed by atoms with Crippen LogP contribution in [0.1, 0.15) is 19.3 Å². The lowest BCUT2D eigenvalue weighted by Crippen LogP contribution is -2.50. The zero-order valence-electron chi connectivity index (χ0n) is 15.9. The third-order valence-corrected chi connectivity index (χ3v) is 5.38. The average Bonchev–Trinajstić information content (AvgIpc) is 2.67. The van der Waals surface area contributed by atoms with Gasteiger partial charge in [-0.25, -0.2) is 4.39 Å². The Bertz CT molecular complexity index is 567. The maximum Gasteiger partial charge on any atom is 0.223 e. The van der Waals surface area contributed by atoms with Crippen molar-refractivity contribution in [1.82, 2.24) is 15.1 Å². The van der Waals surface area contributed by atoms with Crippen molar-refractivity contribution in [3.63, 3.8) is 0 Å². The van der Waals surface area contributed by atoms with Gasteiger partial charge in [-0.05, 0) is 50.7 Å². The number of piperidine rings is 1. The van der Waals surface area contributed by atoms with Crippen LogP contribution >= 0.6 is 24.8 Å². The van der Waals surface area contributed by atoms with Crippen LogP contribution in [0.5, 0.6) is 0 Å². The molecule has 1 atom stereocenters. The zero-order valence-corrected chi connectivity index (χ0v) is 17.5. The van der Waals surface area contributed by atoms with Gasteiger partial charge in [-0.15, -0.1) is 24.8 Å². The molecule has 27 heavy (non-hydrogen) atoms. The fourth-order valence-electron chi connectivity index (χ4n) is 3.77. The molecule has 2 aliphatic rings. The smallest absolute Gasteiger partial charge is 0.223 e. The second-order valence-corrected chi connectivity index (χ2v) is 7.02. The van der Waals surface area contributed by atoms with E-state index in [1.165, 1.54) is 25.0 Å². The van der Waals surface area contributed by atoms with Crippen molar-refractivity contribution in [2.24, 2.45) is 0 Å². The number of likely N-dealkylation sites (N-methyl/N-ethyl adjacent to an activating group) is 1. The molecule has 1 aromatic rings. The minimum atomic E-state index is -0.212. The summed E-state index contributed by atoms with van der Waals surface area (Å²) >= 11 is 0. The van der Waals surface area contributed by atoms with Gasteiger partial charge in [-0.3, -0.25) is 4.79 Å². The van der Waals surface area contributed by atoms with Crippen LogP contribution in [0.4, 0.5) is 10.1 Å². The van der Waals surface area contributed by atoms with E-state index in [-0.39, 0.29) is 36.5 Å². The number of hydrogen-bond acceptors (Lipinski definition) is 4. The summed E-state index contributed by atoms with van der Waals surface area (Å²) in [5.74, 6) is 0.0427. The molecule has 2 aliphatic heterocycles. The standard InChI is InChI=1S/C19H29FN4O.2ClH/c1-21-17-3-2-9-22(15-17)10-8-19(25)24-13-11-23(12-14-24)18-6-4-16(20)5-7-18;;/h4-7,17,21H,2-3,8-15H2,1H3;2*1H. The Morgan fingerprint density at radius 1 is 1.11 bits per heavy atom. The van der Waals surface area contributed by atoms with E-state index in [9.17, 15) is 9.18 Å². The van der Waals surface area contributed by atoms with Crippen molar-refractivity contribution in [2.45, 2.75) is 25.3 Å². The first-order valence-corrected chi connectivity index (χ1v) is 9.33. The summed E-state index contributed by atoms with van der Waals surface area (Å²) in [6.45, 7) is 6.11. The fourth-order valence-corrected chi connectivity index (χ4v) is 3.77. The topological polar surface area (TPSA) is 38.8 Å². The highest BCUT2D eigenvalue weighted by atomic mass is 35.5. The molecule has 2 saturated heterocycles. The molecule has 1 aromatic carbocycles. The quantitative estimate of drug-likeness (QED) is 0.793. The second kappa shape index (κ2) is 11.7. The summed E-state index contributed by atoms with van der Waals surface area (Å²) in [4.78, 5) is 19.1. The Balaban J connectivity index is 0.00000182. The lowest BCUT2D eigenvalue weighted by molar-refractivity contribution is -0.131. The Kier molecular flexibility index (Phi) is 10.4. The molecule has 0 radical (unpaired) electrons. The normalized spacial score (nSPS) is 20.6. The molecule has 5 nitrogen and oxygen atoms in total. The molecule has 0 aromatic heterocycles. The van der Waals surface area contributed by atoms with Crippen molar-refractivity contribution in [1.29, 1.82) is 0 Å². The Morgan fingerprint density at radius 3 is 2.41 bits per heavy atom. The Hall–Kier alpha value is -1.08. The number of anilines is 1. The van der Waals surface area contributed by atoms with Crippen LogP contribution in [-0.2, 0) is 4.79 Å². The van der Waals surface area contributed by atoms with Crippen molar-refractivity contribution < 1.29 is 9.18 Å². The maximum absolute atomic E-state index is 13.0. The number of piperazine rings is 1. The van der Waals surface area contributed by atoms with Gasteiger partial charge in [0.2, 0.25) is 5.91 Å². The first-order chi connectivity index (χ1) is 12.2. The number of halogens is 3. The van der Waals surface area contributed by atoms with Gasteiger partial charge in [0.15, 0.2) is 0 Å². The van der Waals surface area contributed by atoms with Gasteiger partial charge < -0.3 is 20.0 Å². The van der Waals surface area contributed by atoms with E-state index in [0.29, 0.717) is 12.5 Å². The van der Waals surface area contributed by atoms with E-state index < -0.39 is 0 Å². The van der Waals surface area contributed by atoms with Crippen LogP contribution in [0.15, 0.2) is 24.3 Å². The second-order valence-electron chi connectivity index (χ2n) is 7.02. The third-order valence-electron chi connectivity index (χ3n) is 5.38. The van der Waals surface area contributed by atoms with Crippen LogP contribution in [0.3, 0.4) is 0 Å². The molecule has 1 unspecified atom stereocenters. The molecule has 0 bridgehead atoms. The number of hydrogen-bond donors (Lipinski definition) is 1. The SMILES string of the molecule is CNC1CCCN(CCC(=O)N2CCN(c3ccc(F)cc3)CC2)C1.Cl.Cl. The molecule has 2 fully saturated rings. The summed E-state index contributed by atoms with van der Waals surface area (Å²) in [6.07, 6.45) is 3.04. The lowest BCUT2D eigenvalue weighted by Gasteiger charge is -2.37. The number of carbonyl (C=O) groups excluding carboxylic acids is 1. The molecule has 8 heteroatoms. The van der Waals surface area contributed by atoms with Crippen LogP contribution in [0, 0.1) is 5.82 Å². The van der Waals surface area contributed by atoms with Crippen LogP contribution in [-0.4, -0.2) is 74.6 Å². The predicted octanol–water partition coefficient (Wildman–Crippen LogP) is 2.39. The number of rotatable bonds is 5. The van der Waals surface area contributed by atoms with E-state index >= 15 is 0 Å². The van der Waals surface area contributed by atoms with E-state index in [4.69, 9.17) is 0 Å². The van der Waals surface area contributed by atoms with Crippen molar-refractivity contribution >= 4 is 36.4 Å². The molecule has 0 spiro atoms. The minimum absolute atomic E-state index is 0. The maximum atomic E-state index is 13.0. The van der Waals surface area contributed by atoms with Gasteiger partial charge >= 0.3 is 0 Å². The van der Waals surface area contributed by atoms with E-state index in [1.54, 1.807) is 12.1 Å². The van der Waals surface area contributed by atoms with Crippen LogP contribution < -0.4 is 10.2 Å². The molecule has 0 aliphatic carbocycles. The summed E-state index contributed by atoms with van der Waals surface area (Å²) in [6, 6.07) is 7.15. The third kappa shape index (κ3) is 6.79.